The molecule has 0 radical (unpaired) electrons. The van der Waals surface area contributed by atoms with Gasteiger partial charge in [0.15, 0.2) is 0 Å². The van der Waals surface area contributed by atoms with E-state index in [0.717, 1.165) is 32.3 Å². The van der Waals surface area contributed by atoms with Gasteiger partial charge in [0.2, 0.25) is 0 Å². The highest BCUT2D eigenvalue weighted by Gasteiger charge is 2.27. The predicted molar refractivity (Wildman–Crippen MR) is 78.0 cm³/mol. The van der Waals surface area contributed by atoms with E-state index in [-0.39, 0.29) is 0 Å². The van der Waals surface area contributed by atoms with Crippen LogP contribution in [0.3, 0.4) is 0 Å². The van der Waals surface area contributed by atoms with Crippen molar-refractivity contribution in [3.8, 4) is 0 Å². The largest absolute Gasteiger partial charge is 0.383 e. The van der Waals surface area contributed by atoms with E-state index in [4.69, 9.17) is 4.74 Å². The molecule has 1 saturated carbocycles. The minimum absolute atomic E-state index is 0.333. The van der Waals surface area contributed by atoms with Gasteiger partial charge in [0.25, 0.3) is 0 Å². The second kappa shape index (κ2) is 7.46. The van der Waals surface area contributed by atoms with Crippen molar-refractivity contribution in [2.45, 2.75) is 59.0 Å². The van der Waals surface area contributed by atoms with E-state index in [9.17, 15) is 0 Å². The molecule has 0 aromatic heterocycles. The van der Waals surface area contributed by atoms with Crippen molar-refractivity contribution in [3.63, 3.8) is 0 Å². The summed E-state index contributed by atoms with van der Waals surface area (Å²) in [5.74, 6) is 0. The van der Waals surface area contributed by atoms with Gasteiger partial charge in [-0.05, 0) is 31.6 Å². The molecule has 108 valence electrons. The molecule has 0 aliphatic heterocycles. The number of methoxy groups -OCH3 is 1. The van der Waals surface area contributed by atoms with Crippen molar-refractivity contribution in [2.75, 3.05) is 33.4 Å². The van der Waals surface area contributed by atoms with Gasteiger partial charge in [-0.25, -0.2) is 0 Å². The Bertz CT molecular complexity index is 227. The molecule has 1 fully saturated rings. The van der Waals surface area contributed by atoms with Crippen LogP contribution >= 0.6 is 0 Å². The summed E-state index contributed by atoms with van der Waals surface area (Å²) in [6.07, 6.45) is 3.94. The summed E-state index contributed by atoms with van der Waals surface area (Å²) in [4.78, 5) is 2.57. The van der Waals surface area contributed by atoms with Crippen LogP contribution < -0.4 is 5.32 Å². The lowest BCUT2D eigenvalue weighted by Gasteiger charge is -2.36. The van der Waals surface area contributed by atoms with Crippen LogP contribution in [0.25, 0.3) is 0 Å². The number of hydrogen-bond donors (Lipinski definition) is 1. The second-order valence-electron chi connectivity index (χ2n) is 6.54. The summed E-state index contributed by atoms with van der Waals surface area (Å²) < 4.78 is 5.23. The quantitative estimate of drug-likeness (QED) is 0.650. The van der Waals surface area contributed by atoms with Crippen LogP contribution in [0.15, 0.2) is 0 Å². The molecule has 0 heterocycles. The Morgan fingerprint density at radius 3 is 2.56 bits per heavy atom. The zero-order valence-corrected chi connectivity index (χ0v) is 13.0. The third-order valence-corrected chi connectivity index (χ3v) is 3.87. The topological polar surface area (TPSA) is 24.5 Å². The molecule has 3 nitrogen and oxygen atoms in total. The highest BCUT2D eigenvalue weighted by atomic mass is 16.5. The lowest BCUT2D eigenvalue weighted by molar-refractivity contribution is 0.0889. The number of hydrogen-bond acceptors (Lipinski definition) is 3. The molecule has 0 saturated heterocycles. The first-order chi connectivity index (χ1) is 8.48. The van der Waals surface area contributed by atoms with Gasteiger partial charge in [0.1, 0.15) is 0 Å². The Morgan fingerprint density at radius 2 is 2.06 bits per heavy atom. The zero-order chi connectivity index (χ0) is 13.6. The molecule has 0 bridgehead atoms. The molecule has 1 atom stereocenters. The van der Waals surface area contributed by atoms with Gasteiger partial charge in [0.05, 0.1) is 6.61 Å². The summed E-state index contributed by atoms with van der Waals surface area (Å²) in [7, 11) is 1.79. The van der Waals surface area contributed by atoms with Crippen molar-refractivity contribution < 1.29 is 4.74 Å². The molecule has 0 spiro atoms. The van der Waals surface area contributed by atoms with Crippen LogP contribution in [-0.2, 0) is 4.74 Å². The van der Waals surface area contributed by atoms with E-state index in [1.54, 1.807) is 7.11 Å². The third kappa shape index (κ3) is 6.17. The molecule has 0 aromatic rings. The van der Waals surface area contributed by atoms with Crippen molar-refractivity contribution in [1.82, 2.24) is 10.2 Å². The normalized spacial score (nSPS) is 18.3. The fourth-order valence-corrected chi connectivity index (χ4v) is 2.24. The molecule has 1 N–H and O–H groups in total. The summed E-state index contributed by atoms with van der Waals surface area (Å²) in [6.45, 7) is 13.5. The molecular weight excluding hydrogens is 224 g/mol. The lowest BCUT2D eigenvalue weighted by atomic mass is 9.91. The van der Waals surface area contributed by atoms with E-state index in [1.807, 2.05) is 0 Å². The molecule has 0 aromatic carbocycles. The standard InChI is InChI=1S/C15H32N2O/c1-6-13(2)17(9-10-18-5)12-15(3,4)11-16-14-7-8-14/h13-14,16H,6-12H2,1-5H3. The average molecular weight is 256 g/mol. The van der Waals surface area contributed by atoms with E-state index in [0.29, 0.717) is 11.5 Å². The Labute approximate surface area is 113 Å². The monoisotopic (exact) mass is 256 g/mol. The number of nitrogens with one attached hydrogen (secondary N) is 1. The van der Waals surface area contributed by atoms with E-state index < -0.39 is 0 Å². The fraction of sp³-hybridized carbons (Fsp3) is 1.00. The molecule has 1 rings (SSSR count). The first-order valence-corrected chi connectivity index (χ1v) is 7.45. The average Bonchev–Trinajstić information content (AvgIpc) is 3.15. The maximum atomic E-state index is 5.23. The molecule has 1 unspecified atom stereocenters. The SMILES string of the molecule is CCC(C)N(CCOC)CC(C)(C)CNC1CC1. The maximum absolute atomic E-state index is 5.23. The van der Waals surface area contributed by atoms with Gasteiger partial charge >= 0.3 is 0 Å². The maximum Gasteiger partial charge on any atom is 0.0589 e. The zero-order valence-electron chi connectivity index (χ0n) is 13.0. The van der Waals surface area contributed by atoms with Gasteiger partial charge in [-0.3, -0.25) is 4.90 Å². The fourth-order valence-electron chi connectivity index (χ4n) is 2.24. The van der Waals surface area contributed by atoms with Crippen LogP contribution in [0, 0.1) is 5.41 Å². The van der Waals surface area contributed by atoms with Gasteiger partial charge in [-0.15, -0.1) is 0 Å². The van der Waals surface area contributed by atoms with Gasteiger partial charge in [-0.2, -0.15) is 0 Å². The van der Waals surface area contributed by atoms with Crippen molar-refractivity contribution in [3.05, 3.63) is 0 Å². The first-order valence-electron chi connectivity index (χ1n) is 7.45. The lowest BCUT2D eigenvalue weighted by Crippen LogP contribution is -2.45. The van der Waals surface area contributed by atoms with Crippen LogP contribution in [0.2, 0.25) is 0 Å². The number of ether oxygens (including phenoxy) is 1. The van der Waals surface area contributed by atoms with Gasteiger partial charge in [-0.1, -0.05) is 20.8 Å². The summed E-state index contributed by atoms with van der Waals surface area (Å²) in [5, 5.41) is 3.66. The van der Waals surface area contributed by atoms with Crippen molar-refractivity contribution in [1.29, 1.82) is 0 Å². The number of nitrogens with zero attached hydrogens (tertiary/aromatic N) is 1. The molecule has 1 aliphatic rings. The summed E-state index contributed by atoms with van der Waals surface area (Å²) >= 11 is 0. The van der Waals surface area contributed by atoms with Crippen LogP contribution in [0.4, 0.5) is 0 Å². The Hall–Kier alpha value is -0.120. The van der Waals surface area contributed by atoms with Crippen molar-refractivity contribution >= 4 is 0 Å². The van der Waals surface area contributed by atoms with Crippen molar-refractivity contribution in [2.24, 2.45) is 5.41 Å². The highest BCUT2D eigenvalue weighted by molar-refractivity contribution is 4.86. The molecule has 18 heavy (non-hydrogen) atoms. The van der Waals surface area contributed by atoms with Crippen LogP contribution in [0.5, 0.6) is 0 Å². The predicted octanol–water partition coefficient (Wildman–Crippen LogP) is 2.51. The number of rotatable bonds is 10. The van der Waals surface area contributed by atoms with Crippen LogP contribution in [-0.4, -0.2) is 50.3 Å². The highest BCUT2D eigenvalue weighted by Crippen LogP contribution is 2.23. The smallest absolute Gasteiger partial charge is 0.0589 e. The molecule has 0 amide bonds. The molecular formula is C15H32N2O. The van der Waals surface area contributed by atoms with Crippen LogP contribution in [0.1, 0.15) is 47.0 Å². The van der Waals surface area contributed by atoms with E-state index >= 15 is 0 Å². The molecule has 3 heteroatoms. The Balaban J connectivity index is 2.39. The van der Waals surface area contributed by atoms with Gasteiger partial charge < -0.3 is 10.1 Å². The minimum atomic E-state index is 0.333. The third-order valence-electron chi connectivity index (χ3n) is 3.87. The minimum Gasteiger partial charge on any atom is -0.383 e. The van der Waals surface area contributed by atoms with E-state index in [2.05, 4.69) is 37.9 Å². The Kier molecular flexibility index (Phi) is 6.61. The summed E-state index contributed by atoms with van der Waals surface area (Å²) in [5.41, 5.74) is 0.333. The first kappa shape index (κ1) is 15.9. The van der Waals surface area contributed by atoms with Gasteiger partial charge in [0, 0.05) is 38.8 Å². The molecule has 1 aliphatic carbocycles. The van der Waals surface area contributed by atoms with E-state index in [1.165, 1.54) is 19.3 Å². The summed E-state index contributed by atoms with van der Waals surface area (Å²) in [6, 6.07) is 1.45. The Morgan fingerprint density at radius 1 is 1.39 bits per heavy atom. The second-order valence-corrected chi connectivity index (χ2v) is 6.54.